The lowest BCUT2D eigenvalue weighted by atomic mass is 9.95. The first kappa shape index (κ1) is 12.8. The molecule has 0 saturated carbocycles. The third kappa shape index (κ3) is 1.85. The third-order valence-electron chi connectivity index (χ3n) is 3.89. The molecule has 2 aromatic rings. The van der Waals surface area contributed by atoms with E-state index in [0.29, 0.717) is 6.54 Å². The van der Waals surface area contributed by atoms with Crippen LogP contribution in [0.25, 0.3) is 11.3 Å². The molecule has 3 nitrogen and oxygen atoms in total. The van der Waals surface area contributed by atoms with Gasteiger partial charge in [0.1, 0.15) is 0 Å². The van der Waals surface area contributed by atoms with Crippen LogP contribution < -0.4 is 5.73 Å². The van der Waals surface area contributed by atoms with Crippen LogP contribution in [0.15, 0.2) is 12.1 Å². The van der Waals surface area contributed by atoms with E-state index in [1.54, 1.807) is 0 Å². The zero-order valence-corrected chi connectivity index (χ0v) is 11.8. The maximum atomic E-state index is 5.73. The Hall–Kier alpha value is -1.61. The van der Waals surface area contributed by atoms with Gasteiger partial charge in [0.15, 0.2) is 0 Å². The number of hydrogen-bond acceptors (Lipinski definition) is 2. The van der Waals surface area contributed by atoms with Gasteiger partial charge in [-0.3, -0.25) is 4.68 Å². The molecule has 0 unspecified atom stereocenters. The van der Waals surface area contributed by atoms with Gasteiger partial charge in [-0.2, -0.15) is 5.10 Å². The fourth-order valence-corrected chi connectivity index (χ4v) is 2.47. The molecule has 0 saturated heterocycles. The normalized spacial score (nSPS) is 11.0. The van der Waals surface area contributed by atoms with E-state index in [-0.39, 0.29) is 0 Å². The molecule has 0 aliphatic rings. The van der Waals surface area contributed by atoms with Crippen molar-refractivity contribution in [3.63, 3.8) is 0 Å². The van der Waals surface area contributed by atoms with Gasteiger partial charge in [0.2, 0.25) is 0 Å². The van der Waals surface area contributed by atoms with Crippen molar-refractivity contribution in [1.29, 1.82) is 0 Å². The van der Waals surface area contributed by atoms with Gasteiger partial charge >= 0.3 is 0 Å². The lowest BCUT2D eigenvalue weighted by molar-refractivity contribution is 0.748. The summed E-state index contributed by atoms with van der Waals surface area (Å²) < 4.78 is 1.94. The van der Waals surface area contributed by atoms with Gasteiger partial charge in [-0.15, -0.1) is 0 Å². The van der Waals surface area contributed by atoms with Crippen molar-refractivity contribution in [3.05, 3.63) is 40.1 Å². The minimum Gasteiger partial charge on any atom is -0.325 e. The third-order valence-corrected chi connectivity index (χ3v) is 3.89. The van der Waals surface area contributed by atoms with E-state index in [2.05, 4.69) is 44.9 Å². The van der Waals surface area contributed by atoms with Crippen LogP contribution in [-0.4, -0.2) is 9.78 Å². The summed E-state index contributed by atoms with van der Waals surface area (Å²) in [5.41, 5.74) is 14.3. The van der Waals surface area contributed by atoms with Crippen LogP contribution in [0.5, 0.6) is 0 Å². The van der Waals surface area contributed by atoms with Crippen LogP contribution in [0.3, 0.4) is 0 Å². The van der Waals surface area contributed by atoms with Crippen molar-refractivity contribution >= 4 is 0 Å². The summed E-state index contributed by atoms with van der Waals surface area (Å²) in [6, 6.07) is 4.36. The zero-order chi connectivity index (χ0) is 13.4. The molecule has 0 spiro atoms. The number of hydrogen-bond donors (Lipinski definition) is 1. The fraction of sp³-hybridized carbons (Fsp3) is 0.400. The predicted molar refractivity (Wildman–Crippen MR) is 75.5 cm³/mol. The van der Waals surface area contributed by atoms with E-state index in [0.717, 1.165) is 5.69 Å². The monoisotopic (exact) mass is 243 g/mol. The zero-order valence-electron chi connectivity index (χ0n) is 11.8. The summed E-state index contributed by atoms with van der Waals surface area (Å²) in [5, 5.41) is 4.49. The first-order valence-electron chi connectivity index (χ1n) is 6.27. The quantitative estimate of drug-likeness (QED) is 0.881. The largest absolute Gasteiger partial charge is 0.325 e. The molecule has 0 amide bonds. The first-order chi connectivity index (χ1) is 8.47. The summed E-state index contributed by atoms with van der Waals surface area (Å²) in [7, 11) is 1.98. The van der Waals surface area contributed by atoms with Crippen molar-refractivity contribution in [1.82, 2.24) is 9.78 Å². The summed E-state index contributed by atoms with van der Waals surface area (Å²) in [6.45, 7) is 9.08. The van der Waals surface area contributed by atoms with Gasteiger partial charge in [-0.25, -0.2) is 0 Å². The summed E-state index contributed by atoms with van der Waals surface area (Å²) >= 11 is 0. The molecule has 96 valence electrons. The molecule has 0 aliphatic carbocycles. The Kier molecular flexibility index (Phi) is 3.26. The Morgan fingerprint density at radius 1 is 1.06 bits per heavy atom. The van der Waals surface area contributed by atoms with Gasteiger partial charge in [0, 0.05) is 19.2 Å². The molecular formula is C15H21N3. The maximum absolute atomic E-state index is 5.73. The second-order valence-corrected chi connectivity index (χ2v) is 4.93. The number of benzene rings is 1. The van der Waals surface area contributed by atoms with Crippen molar-refractivity contribution < 1.29 is 0 Å². The second-order valence-electron chi connectivity index (χ2n) is 4.93. The van der Waals surface area contributed by atoms with E-state index in [1.807, 2.05) is 11.7 Å². The predicted octanol–water partition coefficient (Wildman–Crippen LogP) is 2.78. The summed E-state index contributed by atoms with van der Waals surface area (Å²) in [6.07, 6.45) is 0. The molecule has 1 aromatic heterocycles. The van der Waals surface area contributed by atoms with Gasteiger partial charge in [-0.05, 0) is 49.9 Å². The average Bonchev–Trinajstić information content (AvgIpc) is 2.63. The van der Waals surface area contributed by atoms with Gasteiger partial charge in [-0.1, -0.05) is 12.1 Å². The van der Waals surface area contributed by atoms with Crippen LogP contribution in [0.2, 0.25) is 0 Å². The molecule has 2 rings (SSSR count). The van der Waals surface area contributed by atoms with Gasteiger partial charge in [0.25, 0.3) is 0 Å². The Labute approximate surface area is 109 Å². The highest BCUT2D eigenvalue weighted by molar-refractivity contribution is 5.69. The lowest BCUT2D eigenvalue weighted by Gasteiger charge is -2.12. The highest BCUT2D eigenvalue weighted by Gasteiger charge is 2.15. The van der Waals surface area contributed by atoms with Crippen molar-refractivity contribution in [2.75, 3.05) is 0 Å². The molecule has 0 radical (unpaired) electrons. The molecule has 0 atom stereocenters. The minimum atomic E-state index is 0.490. The second kappa shape index (κ2) is 4.58. The maximum Gasteiger partial charge on any atom is 0.0795 e. The number of nitrogens with zero attached hydrogens (tertiary/aromatic N) is 2. The molecule has 0 fully saturated rings. The van der Waals surface area contributed by atoms with E-state index in [4.69, 9.17) is 5.73 Å². The van der Waals surface area contributed by atoms with Gasteiger partial charge in [0.05, 0.1) is 11.4 Å². The topological polar surface area (TPSA) is 43.8 Å². The molecule has 1 heterocycles. The highest BCUT2D eigenvalue weighted by Crippen LogP contribution is 2.30. The van der Waals surface area contributed by atoms with E-state index in [1.165, 1.54) is 33.5 Å². The standard InChI is InChI=1S/C15H21N3/c1-9-6-7-13(11(3)10(9)2)15-12(4)14(8-16)17-18(15)5/h6-7H,8,16H2,1-5H3. The number of nitrogens with two attached hydrogens (primary N) is 1. The van der Waals surface area contributed by atoms with Gasteiger partial charge < -0.3 is 5.73 Å². The summed E-state index contributed by atoms with van der Waals surface area (Å²) in [4.78, 5) is 0. The Balaban J connectivity index is 2.70. The fourth-order valence-electron chi connectivity index (χ4n) is 2.47. The van der Waals surface area contributed by atoms with Crippen LogP contribution >= 0.6 is 0 Å². The van der Waals surface area contributed by atoms with Crippen molar-refractivity contribution in [2.45, 2.75) is 34.2 Å². The molecule has 0 aliphatic heterocycles. The van der Waals surface area contributed by atoms with E-state index < -0.39 is 0 Å². The number of aromatic nitrogens is 2. The molecule has 2 N–H and O–H groups in total. The molecular weight excluding hydrogens is 222 g/mol. The number of aryl methyl sites for hydroxylation is 2. The van der Waals surface area contributed by atoms with Crippen LogP contribution in [-0.2, 0) is 13.6 Å². The van der Waals surface area contributed by atoms with Crippen LogP contribution in [0, 0.1) is 27.7 Å². The highest BCUT2D eigenvalue weighted by atomic mass is 15.3. The Morgan fingerprint density at radius 2 is 1.72 bits per heavy atom. The molecule has 18 heavy (non-hydrogen) atoms. The van der Waals surface area contributed by atoms with E-state index >= 15 is 0 Å². The Bertz CT molecular complexity index is 594. The SMILES string of the molecule is Cc1ccc(-c2c(C)c(CN)nn2C)c(C)c1C. The average molecular weight is 243 g/mol. The Morgan fingerprint density at radius 3 is 2.28 bits per heavy atom. The summed E-state index contributed by atoms with van der Waals surface area (Å²) in [5.74, 6) is 0. The lowest BCUT2D eigenvalue weighted by Crippen LogP contribution is -1.99. The van der Waals surface area contributed by atoms with Crippen LogP contribution in [0.4, 0.5) is 0 Å². The van der Waals surface area contributed by atoms with Crippen molar-refractivity contribution in [3.8, 4) is 11.3 Å². The smallest absolute Gasteiger partial charge is 0.0795 e. The first-order valence-corrected chi connectivity index (χ1v) is 6.27. The molecule has 1 aromatic carbocycles. The molecule has 3 heteroatoms. The van der Waals surface area contributed by atoms with Crippen molar-refractivity contribution in [2.24, 2.45) is 12.8 Å². The number of rotatable bonds is 2. The minimum absolute atomic E-state index is 0.490. The van der Waals surface area contributed by atoms with Crippen LogP contribution in [0.1, 0.15) is 27.9 Å². The molecule has 0 bridgehead atoms. The van der Waals surface area contributed by atoms with E-state index in [9.17, 15) is 0 Å².